The average Bonchev–Trinajstić information content (AvgIpc) is 2.59. The summed E-state index contributed by atoms with van der Waals surface area (Å²) in [4.78, 5) is 4.52. The molecule has 24 heavy (non-hydrogen) atoms. The van der Waals surface area contributed by atoms with Gasteiger partial charge in [-0.3, -0.25) is 0 Å². The van der Waals surface area contributed by atoms with E-state index in [1.165, 1.54) is 0 Å². The van der Waals surface area contributed by atoms with Crippen LogP contribution in [0.15, 0.2) is 29.3 Å². The van der Waals surface area contributed by atoms with E-state index in [1.807, 2.05) is 31.2 Å². The first kappa shape index (κ1) is 20.2. The van der Waals surface area contributed by atoms with Crippen LogP contribution < -0.4 is 20.1 Å². The molecule has 0 radical (unpaired) electrons. The van der Waals surface area contributed by atoms with Crippen LogP contribution in [-0.2, 0) is 16.6 Å². The molecule has 3 N–H and O–H groups in total. The molecular formula is C16H28N4O3S. The van der Waals surface area contributed by atoms with Gasteiger partial charge < -0.3 is 15.4 Å². The van der Waals surface area contributed by atoms with E-state index in [9.17, 15) is 8.42 Å². The Labute approximate surface area is 145 Å². The summed E-state index contributed by atoms with van der Waals surface area (Å²) in [5.74, 6) is 1.64. The Morgan fingerprint density at radius 2 is 1.83 bits per heavy atom. The molecule has 0 aliphatic heterocycles. The fourth-order valence-electron chi connectivity index (χ4n) is 1.87. The SMILES string of the molecule is CCNC(=NCc1ccc(OC)cc1)NCCCNS(=O)(=O)CC. The van der Waals surface area contributed by atoms with Crippen molar-refractivity contribution in [3.63, 3.8) is 0 Å². The number of aliphatic imine (C=N–C) groups is 1. The first-order valence-corrected chi connectivity index (χ1v) is 9.78. The van der Waals surface area contributed by atoms with Crippen molar-refractivity contribution in [2.75, 3.05) is 32.5 Å². The van der Waals surface area contributed by atoms with E-state index in [2.05, 4.69) is 20.3 Å². The van der Waals surface area contributed by atoms with E-state index in [-0.39, 0.29) is 5.75 Å². The zero-order valence-electron chi connectivity index (χ0n) is 14.6. The van der Waals surface area contributed by atoms with E-state index >= 15 is 0 Å². The molecule has 136 valence electrons. The molecule has 0 aliphatic carbocycles. The zero-order valence-corrected chi connectivity index (χ0v) is 15.4. The summed E-state index contributed by atoms with van der Waals surface area (Å²) in [6.45, 7) is 6.00. The number of ether oxygens (including phenoxy) is 1. The maximum Gasteiger partial charge on any atom is 0.211 e. The molecule has 0 amide bonds. The number of nitrogens with zero attached hydrogens (tertiary/aromatic N) is 1. The standard InChI is InChI=1S/C16H28N4O3S/c1-4-17-16(18-11-6-12-20-24(21,22)5-2)19-13-14-7-9-15(23-3)10-8-14/h7-10,20H,4-6,11-13H2,1-3H3,(H2,17,18,19). The van der Waals surface area contributed by atoms with Crippen LogP contribution in [-0.4, -0.2) is 46.9 Å². The summed E-state index contributed by atoms with van der Waals surface area (Å²) in [5, 5.41) is 6.37. The molecular weight excluding hydrogens is 328 g/mol. The molecule has 0 aliphatic rings. The van der Waals surface area contributed by atoms with Gasteiger partial charge in [-0.15, -0.1) is 0 Å². The first-order valence-electron chi connectivity index (χ1n) is 8.13. The number of hydrogen-bond donors (Lipinski definition) is 3. The molecule has 0 saturated heterocycles. The van der Waals surface area contributed by atoms with Crippen molar-refractivity contribution < 1.29 is 13.2 Å². The van der Waals surface area contributed by atoms with Crippen LogP contribution in [0.25, 0.3) is 0 Å². The van der Waals surface area contributed by atoms with E-state index in [1.54, 1.807) is 14.0 Å². The van der Waals surface area contributed by atoms with Crippen molar-refractivity contribution in [3.8, 4) is 5.75 Å². The molecule has 1 aromatic carbocycles. The van der Waals surface area contributed by atoms with Crippen LogP contribution in [0, 0.1) is 0 Å². The summed E-state index contributed by atoms with van der Waals surface area (Å²) in [6.07, 6.45) is 0.687. The molecule has 8 heteroatoms. The highest BCUT2D eigenvalue weighted by molar-refractivity contribution is 7.89. The highest BCUT2D eigenvalue weighted by Crippen LogP contribution is 2.11. The second-order valence-corrected chi connectivity index (χ2v) is 7.22. The van der Waals surface area contributed by atoms with E-state index < -0.39 is 10.0 Å². The van der Waals surface area contributed by atoms with Gasteiger partial charge >= 0.3 is 0 Å². The minimum Gasteiger partial charge on any atom is -0.497 e. The molecule has 7 nitrogen and oxygen atoms in total. The number of rotatable bonds is 10. The molecule has 1 aromatic rings. The second-order valence-electron chi connectivity index (χ2n) is 5.12. The highest BCUT2D eigenvalue weighted by atomic mass is 32.2. The minimum absolute atomic E-state index is 0.104. The second kappa shape index (κ2) is 10.9. The molecule has 0 fully saturated rings. The lowest BCUT2D eigenvalue weighted by Crippen LogP contribution is -2.38. The predicted molar refractivity (Wildman–Crippen MR) is 97.9 cm³/mol. The molecule has 0 unspecified atom stereocenters. The lowest BCUT2D eigenvalue weighted by Gasteiger charge is -2.11. The van der Waals surface area contributed by atoms with Gasteiger partial charge in [0.15, 0.2) is 5.96 Å². The fraction of sp³-hybridized carbons (Fsp3) is 0.562. The fourth-order valence-corrected chi connectivity index (χ4v) is 2.53. The normalized spacial score (nSPS) is 12.0. The summed E-state index contributed by atoms with van der Waals surface area (Å²) in [7, 11) is -1.48. The van der Waals surface area contributed by atoms with Crippen LogP contribution in [0.3, 0.4) is 0 Å². The van der Waals surface area contributed by atoms with Crippen molar-refractivity contribution in [1.29, 1.82) is 0 Å². The third-order valence-corrected chi connectivity index (χ3v) is 4.68. The summed E-state index contributed by atoms with van der Waals surface area (Å²) in [6, 6.07) is 7.77. The zero-order chi connectivity index (χ0) is 17.8. The van der Waals surface area contributed by atoms with Gasteiger partial charge in [-0.2, -0.15) is 0 Å². The van der Waals surface area contributed by atoms with Crippen molar-refractivity contribution >= 4 is 16.0 Å². The summed E-state index contributed by atoms with van der Waals surface area (Å²) in [5.41, 5.74) is 1.09. The maximum atomic E-state index is 11.3. The van der Waals surface area contributed by atoms with E-state index in [4.69, 9.17) is 4.74 Å². The van der Waals surface area contributed by atoms with Crippen LogP contribution in [0.2, 0.25) is 0 Å². The van der Waals surface area contributed by atoms with Crippen LogP contribution in [0.5, 0.6) is 5.75 Å². The quantitative estimate of drug-likeness (QED) is 0.331. The molecule has 0 aromatic heterocycles. The van der Waals surface area contributed by atoms with E-state index in [0.29, 0.717) is 32.0 Å². The number of guanidine groups is 1. The Morgan fingerprint density at radius 1 is 1.12 bits per heavy atom. The van der Waals surface area contributed by atoms with Gasteiger partial charge in [-0.25, -0.2) is 18.1 Å². The van der Waals surface area contributed by atoms with Crippen molar-refractivity contribution in [1.82, 2.24) is 15.4 Å². The number of sulfonamides is 1. The highest BCUT2D eigenvalue weighted by Gasteiger charge is 2.04. The van der Waals surface area contributed by atoms with Gasteiger partial charge in [0.2, 0.25) is 10.0 Å². The maximum absolute atomic E-state index is 11.3. The van der Waals surface area contributed by atoms with Gasteiger partial charge in [0, 0.05) is 19.6 Å². The first-order chi connectivity index (χ1) is 11.5. The number of methoxy groups -OCH3 is 1. The Kier molecular flexibility index (Phi) is 9.18. The molecule has 1 rings (SSSR count). The number of hydrogen-bond acceptors (Lipinski definition) is 4. The van der Waals surface area contributed by atoms with Gasteiger partial charge in [0.05, 0.1) is 19.4 Å². The average molecular weight is 356 g/mol. The van der Waals surface area contributed by atoms with Gasteiger partial charge in [0.25, 0.3) is 0 Å². The molecule has 0 spiro atoms. The monoisotopic (exact) mass is 356 g/mol. The summed E-state index contributed by atoms with van der Waals surface area (Å²) >= 11 is 0. The smallest absolute Gasteiger partial charge is 0.211 e. The molecule has 0 heterocycles. The van der Waals surface area contributed by atoms with E-state index in [0.717, 1.165) is 17.9 Å². The lowest BCUT2D eigenvalue weighted by atomic mass is 10.2. The number of benzene rings is 1. The molecule has 0 atom stereocenters. The third kappa shape index (κ3) is 8.16. The Hall–Kier alpha value is -1.80. The van der Waals surface area contributed by atoms with Crippen molar-refractivity contribution in [3.05, 3.63) is 29.8 Å². The number of nitrogens with one attached hydrogen (secondary N) is 3. The van der Waals surface area contributed by atoms with Crippen molar-refractivity contribution in [2.45, 2.75) is 26.8 Å². The minimum atomic E-state index is -3.12. The van der Waals surface area contributed by atoms with Crippen molar-refractivity contribution in [2.24, 2.45) is 4.99 Å². The largest absolute Gasteiger partial charge is 0.497 e. The Bertz CT molecular complexity index is 600. The molecule has 0 saturated carbocycles. The summed E-state index contributed by atoms with van der Waals surface area (Å²) < 4.78 is 30.3. The topological polar surface area (TPSA) is 91.8 Å². The Balaban J connectivity index is 2.41. The Morgan fingerprint density at radius 3 is 2.42 bits per heavy atom. The predicted octanol–water partition coefficient (Wildman–Crippen LogP) is 1.08. The van der Waals surface area contributed by atoms with Gasteiger partial charge in [0.1, 0.15) is 5.75 Å². The lowest BCUT2D eigenvalue weighted by molar-refractivity contribution is 0.414. The molecule has 0 bridgehead atoms. The van der Waals surface area contributed by atoms with Gasteiger partial charge in [-0.05, 0) is 38.0 Å². The van der Waals surface area contributed by atoms with Crippen LogP contribution >= 0.6 is 0 Å². The third-order valence-electron chi connectivity index (χ3n) is 3.27. The van der Waals surface area contributed by atoms with Crippen LogP contribution in [0.1, 0.15) is 25.8 Å². The van der Waals surface area contributed by atoms with Crippen LogP contribution in [0.4, 0.5) is 0 Å². The van der Waals surface area contributed by atoms with Gasteiger partial charge in [-0.1, -0.05) is 12.1 Å².